The van der Waals surface area contributed by atoms with Crippen LogP contribution in [-0.2, 0) is 27.7 Å². The molecule has 0 bridgehead atoms. The summed E-state index contributed by atoms with van der Waals surface area (Å²) in [6.07, 6.45) is 0. The summed E-state index contributed by atoms with van der Waals surface area (Å²) in [7, 11) is -2.03. The van der Waals surface area contributed by atoms with Gasteiger partial charge in [0.25, 0.3) is 0 Å². The van der Waals surface area contributed by atoms with E-state index >= 15 is 0 Å². The monoisotopic (exact) mass is 377 g/mol. The van der Waals surface area contributed by atoms with Crippen LogP contribution < -0.4 is 4.74 Å². The first-order valence-corrected chi connectivity index (χ1v) is 10.0. The van der Waals surface area contributed by atoms with E-state index in [0.29, 0.717) is 13.1 Å². The van der Waals surface area contributed by atoms with Gasteiger partial charge < -0.3 is 9.84 Å². The summed E-state index contributed by atoms with van der Waals surface area (Å²) < 4.78 is 29.0. The molecule has 0 aliphatic rings. The normalized spacial score (nSPS) is 11.5. The Labute approximate surface area is 153 Å². The van der Waals surface area contributed by atoms with Crippen LogP contribution in [0.3, 0.4) is 0 Å². The third-order valence-corrected chi connectivity index (χ3v) is 5.37. The number of ether oxygens (including phenoxy) is 1. The maximum Gasteiger partial charge on any atom is 0.318 e. The van der Waals surface area contributed by atoms with Gasteiger partial charge in [-0.2, -0.15) is 0 Å². The second-order valence-corrected chi connectivity index (χ2v) is 8.21. The molecule has 0 heterocycles. The first kappa shape index (κ1) is 19.9. The van der Waals surface area contributed by atoms with Gasteiger partial charge in [-0.05, 0) is 23.3 Å². The van der Waals surface area contributed by atoms with Crippen LogP contribution in [0.4, 0.5) is 0 Å². The smallest absolute Gasteiger partial charge is 0.318 e. The van der Waals surface area contributed by atoms with Gasteiger partial charge in [0.05, 0.1) is 12.9 Å². The lowest BCUT2D eigenvalue weighted by atomic mass is 10.1. The van der Waals surface area contributed by atoms with E-state index in [1.807, 2.05) is 59.5 Å². The molecule has 7 heteroatoms. The highest BCUT2D eigenvalue weighted by molar-refractivity contribution is 7.92. The third-order valence-electron chi connectivity index (χ3n) is 3.88. The maximum absolute atomic E-state index is 11.9. The van der Waals surface area contributed by atoms with Crippen molar-refractivity contribution in [2.24, 2.45) is 0 Å². The molecule has 0 saturated heterocycles. The van der Waals surface area contributed by atoms with Gasteiger partial charge in [0.2, 0.25) is 0 Å². The lowest BCUT2D eigenvalue weighted by Crippen LogP contribution is -2.30. The van der Waals surface area contributed by atoms with Crippen molar-refractivity contribution < 1.29 is 23.1 Å². The SMILES string of the molecule is COc1ccc(CN(CCS(=O)(=O)CC(=O)O)Cc2ccccc2)cc1. The largest absolute Gasteiger partial charge is 0.497 e. The topological polar surface area (TPSA) is 83.9 Å². The van der Waals surface area contributed by atoms with Crippen molar-refractivity contribution in [2.75, 3.05) is 25.2 Å². The standard InChI is InChI=1S/C19H23NO5S/c1-25-18-9-7-17(8-10-18)14-20(13-16-5-3-2-4-6-16)11-12-26(23,24)15-19(21)22/h2-10H,11-15H2,1H3,(H,21,22). The number of benzene rings is 2. The van der Waals surface area contributed by atoms with Crippen LogP contribution in [0.5, 0.6) is 5.75 Å². The van der Waals surface area contributed by atoms with Gasteiger partial charge in [-0.25, -0.2) is 8.42 Å². The Kier molecular flexibility index (Phi) is 7.17. The number of hydrogen-bond acceptors (Lipinski definition) is 5. The molecule has 26 heavy (non-hydrogen) atoms. The van der Waals surface area contributed by atoms with E-state index in [2.05, 4.69) is 0 Å². The second kappa shape index (κ2) is 9.35. The summed E-state index contributed by atoms with van der Waals surface area (Å²) in [5.41, 5.74) is 2.09. The van der Waals surface area contributed by atoms with Crippen molar-refractivity contribution >= 4 is 15.8 Å². The Hall–Kier alpha value is -2.38. The van der Waals surface area contributed by atoms with Crippen LogP contribution in [0, 0.1) is 0 Å². The molecule has 0 atom stereocenters. The van der Waals surface area contributed by atoms with E-state index in [0.717, 1.165) is 16.9 Å². The van der Waals surface area contributed by atoms with E-state index in [9.17, 15) is 13.2 Å². The minimum atomic E-state index is -3.63. The van der Waals surface area contributed by atoms with Crippen molar-refractivity contribution in [1.29, 1.82) is 0 Å². The number of nitrogens with zero attached hydrogens (tertiary/aromatic N) is 1. The van der Waals surface area contributed by atoms with Gasteiger partial charge in [-0.3, -0.25) is 9.69 Å². The van der Waals surface area contributed by atoms with E-state index in [4.69, 9.17) is 9.84 Å². The molecule has 0 radical (unpaired) electrons. The van der Waals surface area contributed by atoms with Gasteiger partial charge in [0.1, 0.15) is 11.5 Å². The van der Waals surface area contributed by atoms with Crippen molar-refractivity contribution in [2.45, 2.75) is 13.1 Å². The highest BCUT2D eigenvalue weighted by Crippen LogP contribution is 2.15. The number of carboxylic acids is 1. The minimum absolute atomic E-state index is 0.192. The maximum atomic E-state index is 11.9. The number of carboxylic acid groups (broad SMARTS) is 1. The Bertz CT molecular complexity index is 804. The summed E-state index contributed by atoms with van der Waals surface area (Å²) >= 11 is 0. The summed E-state index contributed by atoms with van der Waals surface area (Å²) in [5.74, 6) is -1.60. The molecule has 0 aromatic heterocycles. The molecule has 0 aliphatic heterocycles. The molecule has 0 unspecified atom stereocenters. The van der Waals surface area contributed by atoms with Crippen LogP contribution in [0.25, 0.3) is 0 Å². The quantitative estimate of drug-likeness (QED) is 0.683. The molecule has 6 nitrogen and oxygen atoms in total. The number of methoxy groups -OCH3 is 1. The van der Waals surface area contributed by atoms with Crippen LogP contribution in [-0.4, -0.2) is 49.6 Å². The molecular weight excluding hydrogens is 354 g/mol. The zero-order valence-corrected chi connectivity index (χ0v) is 15.5. The van der Waals surface area contributed by atoms with Crippen molar-refractivity contribution in [3.05, 3.63) is 65.7 Å². The highest BCUT2D eigenvalue weighted by Gasteiger charge is 2.18. The van der Waals surface area contributed by atoms with Crippen LogP contribution in [0.1, 0.15) is 11.1 Å². The Morgan fingerprint density at radius 2 is 1.58 bits per heavy atom. The molecule has 2 aromatic rings. The molecule has 2 rings (SSSR count). The molecule has 0 spiro atoms. The highest BCUT2D eigenvalue weighted by atomic mass is 32.2. The molecule has 0 saturated carbocycles. The van der Waals surface area contributed by atoms with Crippen LogP contribution >= 0.6 is 0 Å². The van der Waals surface area contributed by atoms with Gasteiger partial charge >= 0.3 is 5.97 Å². The Morgan fingerprint density at radius 3 is 2.12 bits per heavy atom. The predicted molar refractivity (Wildman–Crippen MR) is 99.8 cm³/mol. The first-order chi connectivity index (χ1) is 12.4. The van der Waals surface area contributed by atoms with Gasteiger partial charge in [0, 0.05) is 19.6 Å². The summed E-state index contributed by atoms with van der Waals surface area (Å²) in [6.45, 7) is 1.40. The zero-order chi connectivity index (χ0) is 19.0. The number of rotatable bonds is 10. The fourth-order valence-corrected chi connectivity index (χ4v) is 3.63. The van der Waals surface area contributed by atoms with E-state index < -0.39 is 21.6 Å². The number of hydrogen-bond donors (Lipinski definition) is 1. The van der Waals surface area contributed by atoms with E-state index in [1.165, 1.54) is 0 Å². The predicted octanol–water partition coefficient (Wildman–Crippen LogP) is 2.20. The Morgan fingerprint density at radius 1 is 1.00 bits per heavy atom. The van der Waals surface area contributed by atoms with Crippen molar-refractivity contribution in [1.82, 2.24) is 4.90 Å². The number of aliphatic carboxylic acids is 1. The average Bonchev–Trinajstić information content (AvgIpc) is 2.60. The molecule has 2 aromatic carbocycles. The lowest BCUT2D eigenvalue weighted by Gasteiger charge is -2.22. The zero-order valence-electron chi connectivity index (χ0n) is 14.7. The van der Waals surface area contributed by atoms with E-state index in [-0.39, 0.29) is 12.3 Å². The summed E-state index contributed by atoms with van der Waals surface area (Å²) in [6, 6.07) is 17.3. The first-order valence-electron chi connectivity index (χ1n) is 8.19. The van der Waals surface area contributed by atoms with Crippen molar-refractivity contribution in [3.8, 4) is 5.75 Å². The Balaban J connectivity index is 2.08. The second-order valence-electron chi connectivity index (χ2n) is 6.03. The molecular formula is C19H23NO5S. The molecule has 0 aliphatic carbocycles. The van der Waals surface area contributed by atoms with E-state index in [1.54, 1.807) is 7.11 Å². The summed E-state index contributed by atoms with van der Waals surface area (Å²) in [5, 5.41) is 8.73. The van der Waals surface area contributed by atoms with Gasteiger partial charge in [-0.15, -0.1) is 0 Å². The van der Waals surface area contributed by atoms with Crippen molar-refractivity contribution in [3.63, 3.8) is 0 Å². The molecule has 140 valence electrons. The van der Waals surface area contributed by atoms with Crippen LogP contribution in [0.15, 0.2) is 54.6 Å². The molecule has 0 amide bonds. The lowest BCUT2D eigenvalue weighted by molar-refractivity contribution is -0.134. The van der Waals surface area contributed by atoms with Gasteiger partial charge in [0.15, 0.2) is 9.84 Å². The minimum Gasteiger partial charge on any atom is -0.497 e. The third kappa shape index (κ3) is 6.85. The fraction of sp³-hybridized carbons (Fsp3) is 0.316. The van der Waals surface area contributed by atoms with Gasteiger partial charge in [-0.1, -0.05) is 42.5 Å². The van der Waals surface area contributed by atoms with Crippen LogP contribution in [0.2, 0.25) is 0 Å². The average molecular weight is 377 g/mol. The number of carbonyl (C=O) groups is 1. The number of sulfone groups is 1. The molecule has 1 N–H and O–H groups in total. The fourth-order valence-electron chi connectivity index (χ4n) is 2.57. The summed E-state index contributed by atoms with van der Waals surface area (Å²) in [4.78, 5) is 12.7. The molecule has 0 fully saturated rings.